The van der Waals surface area contributed by atoms with Crippen molar-refractivity contribution in [3.63, 3.8) is 0 Å². The van der Waals surface area contributed by atoms with Gasteiger partial charge in [0.05, 0.1) is 5.56 Å². The molecule has 0 spiro atoms. The highest BCUT2D eigenvalue weighted by molar-refractivity contribution is 5.76. The number of anilines is 1. The molecular weight excluding hydrogens is 305 g/mol. The van der Waals surface area contributed by atoms with Gasteiger partial charge in [0, 0.05) is 24.7 Å². The highest BCUT2D eigenvalue weighted by Crippen LogP contribution is 2.29. The Labute approximate surface area is 134 Å². The fraction of sp³-hybridized carbons (Fsp3) is 0.588. The Bertz CT molecular complexity index is 492. The summed E-state index contributed by atoms with van der Waals surface area (Å²) in [6.07, 6.45) is 2.87. The summed E-state index contributed by atoms with van der Waals surface area (Å²) < 4.78 is 37.4. The average molecular weight is 328 g/mol. The van der Waals surface area contributed by atoms with Crippen LogP contribution in [0.2, 0.25) is 0 Å². The monoisotopic (exact) mass is 328 g/mol. The van der Waals surface area contributed by atoms with Crippen LogP contribution >= 0.6 is 0 Å². The topological polar surface area (TPSA) is 41.1 Å². The summed E-state index contributed by atoms with van der Waals surface area (Å²) in [5.41, 5.74) is -0.0885. The number of carbonyl (C=O) groups excluding carboxylic acids is 1. The van der Waals surface area contributed by atoms with Crippen LogP contribution in [-0.4, -0.2) is 18.5 Å². The third-order valence-corrected chi connectivity index (χ3v) is 4.11. The van der Waals surface area contributed by atoms with Crippen LogP contribution in [0.25, 0.3) is 0 Å². The van der Waals surface area contributed by atoms with Crippen LogP contribution in [-0.2, 0) is 11.0 Å². The lowest BCUT2D eigenvalue weighted by Gasteiger charge is -2.16. The molecule has 0 bridgehead atoms. The molecule has 1 aromatic rings. The van der Waals surface area contributed by atoms with Crippen molar-refractivity contribution >= 4 is 11.6 Å². The molecule has 2 rings (SSSR count). The molecule has 1 aliphatic rings. The first-order chi connectivity index (χ1) is 10.9. The molecular formula is C17H23F3N2O. The Balaban J connectivity index is 1.70. The minimum atomic E-state index is -4.32. The van der Waals surface area contributed by atoms with Crippen LogP contribution in [0.5, 0.6) is 0 Å². The number of hydrogen-bond acceptors (Lipinski definition) is 2. The number of carbonyl (C=O) groups is 1. The van der Waals surface area contributed by atoms with Crippen LogP contribution in [0.1, 0.15) is 50.5 Å². The van der Waals surface area contributed by atoms with Gasteiger partial charge in [0.1, 0.15) is 0 Å². The minimum Gasteiger partial charge on any atom is -0.385 e. The number of halogens is 3. The normalized spacial score (nSPS) is 16.7. The molecule has 0 saturated heterocycles. The predicted molar refractivity (Wildman–Crippen MR) is 84.2 cm³/mol. The Morgan fingerprint density at radius 3 is 2.22 bits per heavy atom. The summed E-state index contributed by atoms with van der Waals surface area (Å²) in [4.78, 5) is 11.9. The quantitative estimate of drug-likeness (QED) is 0.789. The van der Waals surface area contributed by atoms with Gasteiger partial charge >= 0.3 is 6.18 Å². The summed E-state index contributed by atoms with van der Waals surface area (Å²) >= 11 is 0. The lowest BCUT2D eigenvalue weighted by atomic mass is 10.1. The number of hydrogen-bond donors (Lipinski definition) is 2. The van der Waals surface area contributed by atoms with Gasteiger partial charge in [-0.15, -0.1) is 0 Å². The molecule has 0 atom stereocenters. The molecule has 23 heavy (non-hydrogen) atoms. The standard InChI is InChI=1S/C17H23F3N2O/c18-17(19,20)13-7-9-14(10-8-13)21-12-11-16(23)22-15-5-3-1-2-4-6-15/h7-10,15,21H,1-6,11-12H2,(H,22,23). The zero-order valence-corrected chi connectivity index (χ0v) is 13.1. The molecule has 1 aliphatic carbocycles. The molecule has 0 radical (unpaired) electrons. The smallest absolute Gasteiger partial charge is 0.385 e. The maximum absolute atomic E-state index is 12.5. The van der Waals surface area contributed by atoms with Crippen LogP contribution in [0.15, 0.2) is 24.3 Å². The van der Waals surface area contributed by atoms with E-state index in [9.17, 15) is 18.0 Å². The van der Waals surface area contributed by atoms with Crippen LogP contribution in [0.4, 0.5) is 18.9 Å². The Hall–Kier alpha value is -1.72. The van der Waals surface area contributed by atoms with Gasteiger partial charge in [0.25, 0.3) is 0 Å². The lowest BCUT2D eigenvalue weighted by Crippen LogP contribution is -2.35. The third kappa shape index (κ3) is 6.12. The van der Waals surface area contributed by atoms with Crippen LogP contribution in [0.3, 0.4) is 0 Å². The summed E-state index contributed by atoms with van der Waals surface area (Å²) in [7, 11) is 0. The van der Waals surface area contributed by atoms with Gasteiger partial charge in [-0.3, -0.25) is 4.79 Å². The first kappa shape index (κ1) is 17.6. The van der Waals surface area contributed by atoms with Gasteiger partial charge in [-0.05, 0) is 37.1 Å². The molecule has 0 heterocycles. The molecule has 6 heteroatoms. The van der Waals surface area contributed by atoms with Crippen LogP contribution in [0, 0.1) is 0 Å². The Morgan fingerprint density at radius 1 is 1.04 bits per heavy atom. The van der Waals surface area contributed by atoms with E-state index >= 15 is 0 Å². The number of nitrogens with one attached hydrogen (secondary N) is 2. The van der Waals surface area contributed by atoms with Crippen LogP contribution < -0.4 is 10.6 Å². The second-order valence-electron chi connectivity index (χ2n) is 6.01. The number of alkyl halides is 3. The van der Waals surface area contributed by atoms with E-state index in [4.69, 9.17) is 0 Å². The van der Waals surface area contributed by atoms with Crippen molar-refractivity contribution < 1.29 is 18.0 Å². The van der Waals surface area contributed by atoms with Gasteiger partial charge in [0.2, 0.25) is 5.91 Å². The van der Waals surface area contributed by atoms with Gasteiger partial charge in [0.15, 0.2) is 0 Å². The molecule has 3 nitrogen and oxygen atoms in total. The first-order valence-electron chi connectivity index (χ1n) is 8.15. The Morgan fingerprint density at radius 2 is 1.65 bits per heavy atom. The van der Waals surface area contributed by atoms with Gasteiger partial charge in [-0.2, -0.15) is 13.2 Å². The van der Waals surface area contributed by atoms with Crippen molar-refractivity contribution in [3.05, 3.63) is 29.8 Å². The van der Waals surface area contributed by atoms with Crippen molar-refractivity contribution in [1.29, 1.82) is 0 Å². The SMILES string of the molecule is O=C(CCNc1ccc(C(F)(F)F)cc1)NC1CCCCCC1. The van der Waals surface area contributed by atoms with E-state index in [2.05, 4.69) is 10.6 Å². The minimum absolute atomic E-state index is 0.00342. The molecule has 0 aliphatic heterocycles. The molecule has 128 valence electrons. The van der Waals surface area contributed by atoms with Crippen molar-refractivity contribution in [2.24, 2.45) is 0 Å². The third-order valence-electron chi connectivity index (χ3n) is 4.11. The van der Waals surface area contributed by atoms with Crippen molar-refractivity contribution in [3.8, 4) is 0 Å². The molecule has 1 amide bonds. The highest BCUT2D eigenvalue weighted by Gasteiger charge is 2.29. The zero-order valence-electron chi connectivity index (χ0n) is 13.1. The predicted octanol–water partition coefficient (Wildman–Crippen LogP) is 4.35. The van der Waals surface area contributed by atoms with E-state index < -0.39 is 11.7 Å². The second kappa shape index (κ2) is 8.22. The molecule has 2 N–H and O–H groups in total. The molecule has 1 saturated carbocycles. The zero-order chi connectivity index (χ0) is 16.7. The van der Waals surface area contributed by atoms with Crippen molar-refractivity contribution in [1.82, 2.24) is 5.32 Å². The maximum Gasteiger partial charge on any atom is 0.416 e. The summed E-state index contributed by atoms with van der Waals surface area (Å²) in [6.45, 7) is 0.407. The van der Waals surface area contributed by atoms with E-state index in [1.807, 2.05) is 0 Å². The largest absolute Gasteiger partial charge is 0.416 e. The van der Waals surface area contributed by atoms with Gasteiger partial charge < -0.3 is 10.6 Å². The highest BCUT2D eigenvalue weighted by atomic mass is 19.4. The second-order valence-corrected chi connectivity index (χ2v) is 6.01. The number of benzene rings is 1. The number of amides is 1. The Kier molecular flexibility index (Phi) is 6.30. The van der Waals surface area contributed by atoms with E-state index in [0.717, 1.165) is 37.8 Å². The maximum atomic E-state index is 12.5. The molecule has 0 aromatic heterocycles. The fourth-order valence-corrected chi connectivity index (χ4v) is 2.82. The number of rotatable bonds is 5. The van der Waals surface area contributed by atoms with Crippen molar-refractivity contribution in [2.45, 2.75) is 57.2 Å². The van der Waals surface area contributed by atoms with Gasteiger partial charge in [-0.25, -0.2) is 0 Å². The van der Waals surface area contributed by atoms with Crippen molar-refractivity contribution in [2.75, 3.05) is 11.9 Å². The molecule has 0 unspecified atom stereocenters. The van der Waals surface area contributed by atoms with E-state index in [0.29, 0.717) is 18.7 Å². The lowest BCUT2D eigenvalue weighted by molar-refractivity contribution is -0.137. The van der Waals surface area contributed by atoms with Gasteiger partial charge in [-0.1, -0.05) is 25.7 Å². The summed E-state index contributed by atoms with van der Waals surface area (Å²) in [5, 5.41) is 6.02. The summed E-state index contributed by atoms with van der Waals surface area (Å²) in [6, 6.07) is 5.11. The molecule has 1 fully saturated rings. The first-order valence-corrected chi connectivity index (χ1v) is 8.15. The molecule has 1 aromatic carbocycles. The average Bonchev–Trinajstić information content (AvgIpc) is 2.75. The summed E-state index contributed by atoms with van der Waals surface area (Å²) in [5.74, 6) is -0.00342. The fourth-order valence-electron chi connectivity index (χ4n) is 2.82. The van der Waals surface area contributed by atoms with E-state index in [1.165, 1.54) is 25.0 Å². The van der Waals surface area contributed by atoms with E-state index in [1.54, 1.807) is 0 Å². The van der Waals surface area contributed by atoms with E-state index in [-0.39, 0.29) is 11.9 Å².